The third-order valence-electron chi connectivity index (χ3n) is 5.15. The van der Waals surface area contributed by atoms with Crippen molar-refractivity contribution in [1.29, 1.82) is 0 Å². The largest absolute Gasteiger partial charge is 0.486 e. The van der Waals surface area contributed by atoms with Crippen molar-refractivity contribution in [1.82, 2.24) is 8.87 Å². The van der Waals surface area contributed by atoms with E-state index in [0.717, 1.165) is 0 Å². The van der Waals surface area contributed by atoms with Gasteiger partial charge in [0.25, 0.3) is 0 Å². The van der Waals surface area contributed by atoms with E-state index >= 15 is 0 Å². The number of carbonyl (C=O) groups is 1. The highest BCUT2D eigenvalue weighted by molar-refractivity contribution is 7.89. The summed E-state index contributed by atoms with van der Waals surface area (Å²) in [6.45, 7) is 4.74. The first-order valence-electron chi connectivity index (χ1n) is 9.91. The van der Waals surface area contributed by atoms with E-state index in [2.05, 4.69) is 0 Å². The predicted octanol–water partition coefficient (Wildman–Crippen LogP) is 2.28. The average molecular weight is 446 g/mol. The van der Waals surface area contributed by atoms with Gasteiger partial charge in [0.05, 0.1) is 17.0 Å². The summed E-state index contributed by atoms with van der Waals surface area (Å²) < 4.78 is 44.2. The van der Waals surface area contributed by atoms with Gasteiger partial charge < -0.3 is 13.9 Å². The Balaban J connectivity index is 1.65. The molecule has 1 aliphatic heterocycles. The molecule has 0 amide bonds. The zero-order chi connectivity index (χ0) is 22.2. The first-order chi connectivity index (χ1) is 14.8. The number of hydrogen-bond donors (Lipinski definition) is 0. The molecule has 0 N–H and O–H groups in total. The number of hydrogen-bond acceptors (Lipinski definition) is 7. The normalized spacial score (nSPS) is 13.6. The van der Waals surface area contributed by atoms with Crippen molar-refractivity contribution in [2.24, 2.45) is 0 Å². The molecule has 0 atom stereocenters. The minimum Gasteiger partial charge on any atom is -0.486 e. The molecule has 0 spiro atoms. The summed E-state index contributed by atoms with van der Waals surface area (Å²) in [4.78, 5) is 25.2. The van der Waals surface area contributed by atoms with Gasteiger partial charge >= 0.3 is 5.76 Å². The van der Waals surface area contributed by atoms with Gasteiger partial charge in [0.15, 0.2) is 22.9 Å². The van der Waals surface area contributed by atoms with Crippen LogP contribution in [0.15, 0.2) is 50.5 Å². The van der Waals surface area contributed by atoms with Gasteiger partial charge in [-0.2, -0.15) is 4.31 Å². The zero-order valence-electron chi connectivity index (χ0n) is 17.2. The molecule has 1 aliphatic rings. The molecule has 2 heterocycles. The predicted molar refractivity (Wildman–Crippen MR) is 112 cm³/mol. The van der Waals surface area contributed by atoms with E-state index in [9.17, 15) is 18.0 Å². The molecule has 0 fully saturated rings. The van der Waals surface area contributed by atoms with Crippen molar-refractivity contribution >= 4 is 26.9 Å². The highest BCUT2D eigenvalue weighted by Gasteiger charge is 2.24. The number of aromatic nitrogens is 1. The molecule has 0 radical (unpaired) electrons. The Labute approximate surface area is 178 Å². The Bertz CT molecular complexity index is 1300. The lowest BCUT2D eigenvalue weighted by molar-refractivity contribution is 0.0969. The standard InChI is InChI=1S/C21H22N2O7S/c1-3-22(4-2)31(26,27)15-6-7-16-19(12-15)30-21(25)23(16)13-17(24)14-5-8-18-20(11-14)29-10-9-28-18/h5-8,11-12H,3-4,9-10,13H2,1-2H3. The summed E-state index contributed by atoms with van der Waals surface area (Å²) in [7, 11) is -3.70. The van der Waals surface area contributed by atoms with Crippen LogP contribution in [0.3, 0.4) is 0 Å². The second kappa shape index (κ2) is 8.20. The maximum absolute atomic E-state index is 12.8. The maximum atomic E-state index is 12.8. The van der Waals surface area contributed by atoms with E-state index in [4.69, 9.17) is 13.9 Å². The van der Waals surface area contributed by atoms with Crippen molar-refractivity contribution in [2.45, 2.75) is 25.3 Å². The summed E-state index contributed by atoms with van der Waals surface area (Å²) >= 11 is 0. The second-order valence-corrected chi connectivity index (χ2v) is 8.89. The molecular formula is C21H22N2O7S. The summed E-state index contributed by atoms with van der Waals surface area (Å²) in [5.41, 5.74) is 0.814. The van der Waals surface area contributed by atoms with Crippen molar-refractivity contribution in [3.8, 4) is 11.5 Å². The number of Topliss-reactive ketones (excluding diaryl/α,β-unsaturated/α-hetero) is 1. The summed E-state index contributed by atoms with van der Waals surface area (Å²) in [6.07, 6.45) is 0. The van der Waals surface area contributed by atoms with Gasteiger partial charge in [0, 0.05) is 24.7 Å². The van der Waals surface area contributed by atoms with E-state index in [1.807, 2.05) is 0 Å². The van der Waals surface area contributed by atoms with Crippen LogP contribution in [0.5, 0.6) is 11.5 Å². The molecule has 10 heteroatoms. The van der Waals surface area contributed by atoms with E-state index in [-0.39, 0.29) is 22.8 Å². The van der Waals surface area contributed by atoms with E-state index in [0.29, 0.717) is 48.9 Å². The van der Waals surface area contributed by atoms with E-state index in [1.165, 1.54) is 27.1 Å². The molecule has 9 nitrogen and oxygen atoms in total. The lowest BCUT2D eigenvalue weighted by Crippen LogP contribution is -2.30. The Morgan fingerprint density at radius 3 is 2.45 bits per heavy atom. The highest BCUT2D eigenvalue weighted by Crippen LogP contribution is 2.31. The minimum atomic E-state index is -3.70. The Morgan fingerprint density at radius 1 is 1.03 bits per heavy atom. The summed E-state index contributed by atoms with van der Waals surface area (Å²) in [5, 5.41) is 0. The van der Waals surface area contributed by atoms with Gasteiger partial charge in [-0.15, -0.1) is 0 Å². The van der Waals surface area contributed by atoms with Gasteiger partial charge in [-0.05, 0) is 30.3 Å². The number of ether oxygens (including phenoxy) is 2. The number of nitrogens with zero attached hydrogens (tertiary/aromatic N) is 2. The number of sulfonamides is 1. The average Bonchev–Trinajstić information content (AvgIpc) is 3.08. The number of fused-ring (bicyclic) bond motifs is 2. The van der Waals surface area contributed by atoms with Crippen LogP contribution in [0, 0.1) is 0 Å². The second-order valence-electron chi connectivity index (χ2n) is 6.95. The summed E-state index contributed by atoms with van der Waals surface area (Å²) in [5.74, 6) is -0.0108. The molecule has 4 rings (SSSR count). The fourth-order valence-electron chi connectivity index (χ4n) is 3.52. The van der Waals surface area contributed by atoms with Crippen LogP contribution in [-0.4, -0.2) is 49.4 Å². The molecule has 0 bridgehead atoms. The van der Waals surface area contributed by atoms with E-state index < -0.39 is 15.8 Å². The van der Waals surface area contributed by atoms with Gasteiger partial charge in [0.2, 0.25) is 10.0 Å². The van der Waals surface area contributed by atoms with Crippen LogP contribution in [0.4, 0.5) is 0 Å². The third-order valence-corrected chi connectivity index (χ3v) is 7.19. The van der Waals surface area contributed by atoms with Gasteiger partial charge in [-0.1, -0.05) is 13.8 Å². The lowest BCUT2D eigenvalue weighted by Gasteiger charge is -2.18. The smallest absolute Gasteiger partial charge is 0.420 e. The number of ketones is 1. The van der Waals surface area contributed by atoms with Crippen molar-refractivity contribution in [2.75, 3.05) is 26.3 Å². The fraction of sp³-hybridized carbons (Fsp3) is 0.333. The molecule has 3 aromatic rings. The molecule has 0 unspecified atom stereocenters. The Kier molecular flexibility index (Phi) is 5.59. The number of oxazole rings is 1. The monoisotopic (exact) mass is 446 g/mol. The molecule has 0 aliphatic carbocycles. The van der Waals surface area contributed by atoms with Gasteiger partial charge in [-0.3, -0.25) is 9.36 Å². The van der Waals surface area contributed by atoms with Crippen molar-refractivity contribution in [3.05, 3.63) is 52.5 Å². The first-order valence-corrected chi connectivity index (χ1v) is 11.4. The first kappa shape index (κ1) is 21.1. The maximum Gasteiger partial charge on any atom is 0.420 e. The van der Waals surface area contributed by atoms with Crippen LogP contribution >= 0.6 is 0 Å². The quantitative estimate of drug-likeness (QED) is 0.512. The lowest BCUT2D eigenvalue weighted by atomic mass is 10.1. The Morgan fingerprint density at radius 2 is 1.74 bits per heavy atom. The fourth-order valence-corrected chi connectivity index (χ4v) is 5.00. The van der Waals surface area contributed by atoms with Crippen molar-refractivity contribution < 1.29 is 27.1 Å². The molecular weight excluding hydrogens is 424 g/mol. The van der Waals surface area contributed by atoms with E-state index in [1.54, 1.807) is 32.0 Å². The van der Waals surface area contributed by atoms with Crippen LogP contribution < -0.4 is 15.2 Å². The van der Waals surface area contributed by atoms with Crippen LogP contribution in [-0.2, 0) is 16.6 Å². The van der Waals surface area contributed by atoms with Gasteiger partial charge in [-0.25, -0.2) is 13.2 Å². The molecule has 164 valence electrons. The number of rotatable bonds is 7. The Hall–Kier alpha value is -3.11. The molecule has 1 aromatic heterocycles. The van der Waals surface area contributed by atoms with Crippen LogP contribution in [0.1, 0.15) is 24.2 Å². The third kappa shape index (κ3) is 3.84. The minimum absolute atomic E-state index is 0.0303. The number of carbonyl (C=O) groups excluding carboxylic acids is 1. The molecule has 2 aromatic carbocycles. The zero-order valence-corrected chi connectivity index (χ0v) is 18.0. The molecule has 31 heavy (non-hydrogen) atoms. The van der Waals surface area contributed by atoms with Crippen molar-refractivity contribution in [3.63, 3.8) is 0 Å². The van der Waals surface area contributed by atoms with Gasteiger partial charge in [0.1, 0.15) is 13.2 Å². The number of benzene rings is 2. The SMILES string of the molecule is CCN(CC)S(=O)(=O)c1ccc2c(c1)oc(=O)n2CC(=O)c1ccc2c(c1)OCCO2. The molecule has 0 saturated carbocycles. The summed E-state index contributed by atoms with van der Waals surface area (Å²) in [6, 6.07) is 9.05. The van der Waals surface area contributed by atoms with Crippen LogP contribution in [0.25, 0.3) is 11.1 Å². The topological polar surface area (TPSA) is 108 Å². The highest BCUT2D eigenvalue weighted by atomic mass is 32.2. The van der Waals surface area contributed by atoms with Crippen LogP contribution in [0.2, 0.25) is 0 Å². The molecule has 0 saturated heterocycles.